The number of nitrogens with zero attached hydrogens (tertiary/aromatic N) is 2. The summed E-state index contributed by atoms with van der Waals surface area (Å²) in [5, 5.41) is 22.3. The average Bonchev–Trinajstić information content (AvgIpc) is 3.02. The smallest absolute Gasteiger partial charge is 0.295 e. The normalized spacial score (nSPS) is 17.8. The largest absolute Gasteiger partial charge is 0.507 e. The van der Waals surface area contributed by atoms with Crippen LogP contribution in [-0.4, -0.2) is 53.0 Å². The first-order valence-electron chi connectivity index (χ1n) is 10.0. The molecule has 1 saturated heterocycles. The Kier molecular flexibility index (Phi) is 6.89. The van der Waals surface area contributed by atoms with Crippen molar-refractivity contribution in [1.82, 2.24) is 4.90 Å². The highest BCUT2D eigenvalue weighted by Crippen LogP contribution is 2.40. The molecule has 2 aromatic rings. The van der Waals surface area contributed by atoms with Gasteiger partial charge in [0, 0.05) is 31.4 Å². The lowest BCUT2D eigenvalue weighted by Gasteiger charge is -2.25. The molecule has 0 aliphatic carbocycles. The molecule has 1 aliphatic rings. The van der Waals surface area contributed by atoms with Crippen molar-refractivity contribution in [3.63, 3.8) is 0 Å². The van der Waals surface area contributed by atoms with Gasteiger partial charge >= 0.3 is 0 Å². The Balaban J connectivity index is 2.11. The number of nitro groups is 1. The van der Waals surface area contributed by atoms with Crippen molar-refractivity contribution in [3.8, 4) is 5.75 Å². The van der Waals surface area contributed by atoms with Gasteiger partial charge in [0.1, 0.15) is 11.5 Å². The van der Waals surface area contributed by atoms with Crippen molar-refractivity contribution in [2.24, 2.45) is 0 Å². The number of ether oxygens (including phenoxy) is 2. The molecule has 9 nitrogen and oxygen atoms in total. The number of aliphatic hydroxyl groups is 1. The van der Waals surface area contributed by atoms with Crippen molar-refractivity contribution in [2.45, 2.75) is 26.0 Å². The standard InChI is InChI=1S/C23H24N2O7/c1-14(2)32-18-9-7-15(8-10-18)21(26)19-20(16-5-4-6-17(13-16)25(29)30)24(11-12-31-3)23(28)22(19)27/h4-10,13-14,20,26H,11-12H2,1-3H3/t20-/m1/s1. The molecule has 2 aromatic carbocycles. The molecule has 3 rings (SSSR count). The van der Waals surface area contributed by atoms with Crippen LogP contribution in [0, 0.1) is 10.1 Å². The van der Waals surface area contributed by atoms with Gasteiger partial charge in [-0.3, -0.25) is 19.7 Å². The molecule has 0 spiro atoms. The Morgan fingerprint density at radius 3 is 2.47 bits per heavy atom. The van der Waals surface area contributed by atoms with Gasteiger partial charge in [-0.25, -0.2) is 0 Å². The lowest BCUT2D eigenvalue weighted by molar-refractivity contribution is -0.384. The fourth-order valence-electron chi connectivity index (χ4n) is 3.57. The first kappa shape index (κ1) is 23.0. The highest BCUT2D eigenvalue weighted by Gasteiger charge is 2.46. The number of carbonyl (C=O) groups excluding carboxylic acids is 2. The molecule has 1 heterocycles. The van der Waals surface area contributed by atoms with Gasteiger partial charge in [0.15, 0.2) is 0 Å². The number of likely N-dealkylation sites (tertiary alicyclic amines) is 1. The van der Waals surface area contributed by atoms with Crippen LogP contribution < -0.4 is 4.74 Å². The van der Waals surface area contributed by atoms with Gasteiger partial charge in [-0.1, -0.05) is 12.1 Å². The summed E-state index contributed by atoms with van der Waals surface area (Å²) in [6.07, 6.45) is -0.0329. The Morgan fingerprint density at radius 2 is 1.88 bits per heavy atom. The zero-order chi connectivity index (χ0) is 23.4. The summed E-state index contributed by atoms with van der Waals surface area (Å²) in [5.74, 6) is -1.44. The number of benzene rings is 2. The van der Waals surface area contributed by atoms with Crippen molar-refractivity contribution in [3.05, 3.63) is 75.3 Å². The summed E-state index contributed by atoms with van der Waals surface area (Å²) >= 11 is 0. The Bertz CT molecular complexity index is 1060. The molecule has 1 amide bonds. The van der Waals surface area contributed by atoms with Gasteiger partial charge in [-0.2, -0.15) is 0 Å². The van der Waals surface area contributed by atoms with E-state index in [1.165, 1.54) is 30.2 Å². The second kappa shape index (κ2) is 9.61. The van der Waals surface area contributed by atoms with Crippen LogP contribution in [0.25, 0.3) is 5.76 Å². The van der Waals surface area contributed by atoms with Crippen molar-refractivity contribution in [2.75, 3.05) is 20.3 Å². The van der Waals surface area contributed by atoms with E-state index in [9.17, 15) is 24.8 Å². The predicted octanol–water partition coefficient (Wildman–Crippen LogP) is 3.45. The average molecular weight is 440 g/mol. The van der Waals surface area contributed by atoms with Gasteiger partial charge in [0.05, 0.1) is 29.2 Å². The lowest BCUT2D eigenvalue weighted by atomic mass is 9.95. The van der Waals surface area contributed by atoms with Crippen LogP contribution in [-0.2, 0) is 14.3 Å². The van der Waals surface area contributed by atoms with E-state index in [1.807, 2.05) is 13.8 Å². The van der Waals surface area contributed by atoms with Crippen LogP contribution in [0.15, 0.2) is 54.1 Å². The zero-order valence-electron chi connectivity index (χ0n) is 18.0. The van der Waals surface area contributed by atoms with Crippen LogP contribution in [0.4, 0.5) is 5.69 Å². The van der Waals surface area contributed by atoms with Crippen molar-refractivity contribution < 1.29 is 29.1 Å². The Morgan fingerprint density at radius 1 is 1.19 bits per heavy atom. The van der Waals surface area contributed by atoms with Gasteiger partial charge in [-0.05, 0) is 43.7 Å². The summed E-state index contributed by atoms with van der Waals surface area (Å²) in [6, 6.07) is 11.1. The van der Waals surface area contributed by atoms with Gasteiger partial charge in [0.25, 0.3) is 17.4 Å². The third-order valence-electron chi connectivity index (χ3n) is 4.97. The first-order chi connectivity index (χ1) is 15.2. The maximum atomic E-state index is 12.9. The summed E-state index contributed by atoms with van der Waals surface area (Å²) in [7, 11) is 1.46. The molecule has 1 atom stereocenters. The van der Waals surface area contributed by atoms with Crippen LogP contribution in [0.3, 0.4) is 0 Å². The number of hydrogen-bond donors (Lipinski definition) is 1. The zero-order valence-corrected chi connectivity index (χ0v) is 18.0. The molecular weight excluding hydrogens is 416 g/mol. The second-order valence-corrected chi connectivity index (χ2v) is 7.53. The summed E-state index contributed by atoms with van der Waals surface area (Å²) in [5.41, 5.74) is 0.344. The number of non-ortho nitro benzene ring substituents is 1. The first-order valence-corrected chi connectivity index (χ1v) is 10.0. The van der Waals surface area contributed by atoms with E-state index < -0.39 is 22.7 Å². The van der Waals surface area contributed by atoms with Gasteiger partial charge in [-0.15, -0.1) is 0 Å². The molecule has 32 heavy (non-hydrogen) atoms. The number of amides is 1. The minimum atomic E-state index is -0.989. The molecular formula is C23H24N2O7. The molecule has 0 radical (unpaired) electrons. The van der Waals surface area contributed by atoms with Gasteiger partial charge < -0.3 is 19.5 Å². The van der Waals surface area contributed by atoms with Crippen LogP contribution >= 0.6 is 0 Å². The number of Topliss-reactive ketones (excluding diaryl/α,β-unsaturated/α-hetero) is 1. The quantitative estimate of drug-likeness (QED) is 0.219. The van der Waals surface area contributed by atoms with E-state index >= 15 is 0 Å². The number of ketones is 1. The minimum absolute atomic E-state index is 0.0329. The lowest BCUT2D eigenvalue weighted by Crippen LogP contribution is -2.32. The molecule has 1 fully saturated rings. The van der Waals surface area contributed by atoms with E-state index in [2.05, 4.69) is 0 Å². The van der Waals surface area contributed by atoms with E-state index in [1.54, 1.807) is 30.3 Å². The molecule has 1 aliphatic heterocycles. The molecule has 0 saturated carbocycles. The molecule has 1 N–H and O–H groups in total. The minimum Gasteiger partial charge on any atom is -0.507 e. The van der Waals surface area contributed by atoms with Crippen LogP contribution in [0.2, 0.25) is 0 Å². The van der Waals surface area contributed by atoms with E-state index in [4.69, 9.17) is 9.47 Å². The monoisotopic (exact) mass is 440 g/mol. The van der Waals surface area contributed by atoms with Gasteiger partial charge in [0.2, 0.25) is 0 Å². The highest BCUT2D eigenvalue weighted by molar-refractivity contribution is 6.46. The molecule has 0 aromatic heterocycles. The molecule has 0 unspecified atom stereocenters. The van der Waals surface area contributed by atoms with Crippen LogP contribution in [0.1, 0.15) is 31.0 Å². The number of nitro benzene ring substituents is 1. The maximum absolute atomic E-state index is 12.9. The maximum Gasteiger partial charge on any atom is 0.295 e. The van der Waals surface area contributed by atoms with Crippen molar-refractivity contribution in [1.29, 1.82) is 0 Å². The number of aliphatic hydroxyl groups excluding tert-OH is 1. The summed E-state index contributed by atoms with van der Waals surface area (Å²) < 4.78 is 10.6. The topological polar surface area (TPSA) is 119 Å². The summed E-state index contributed by atoms with van der Waals surface area (Å²) in [4.78, 5) is 37.6. The van der Waals surface area contributed by atoms with Crippen molar-refractivity contribution >= 4 is 23.1 Å². The molecule has 0 bridgehead atoms. The molecule has 9 heteroatoms. The predicted molar refractivity (Wildman–Crippen MR) is 116 cm³/mol. The number of methoxy groups -OCH3 is 1. The Labute approximate surface area is 185 Å². The van der Waals surface area contributed by atoms with E-state index in [-0.39, 0.29) is 36.3 Å². The number of rotatable bonds is 8. The third-order valence-corrected chi connectivity index (χ3v) is 4.97. The third kappa shape index (κ3) is 4.62. The Hall–Kier alpha value is -3.72. The van der Waals surface area contributed by atoms with E-state index in [0.29, 0.717) is 16.9 Å². The second-order valence-electron chi connectivity index (χ2n) is 7.53. The summed E-state index contributed by atoms with van der Waals surface area (Å²) in [6.45, 7) is 3.99. The fourth-order valence-corrected chi connectivity index (χ4v) is 3.57. The van der Waals surface area contributed by atoms with E-state index in [0.717, 1.165) is 0 Å². The molecule has 168 valence electrons. The number of hydrogen-bond acceptors (Lipinski definition) is 7. The number of carbonyl (C=O) groups is 2. The fraction of sp³-hybridized carbons (Fsp3) is 0.304. The highest BCUT2D eigenvalue weighted by atomic mass is 16.6. The van der Waals surface area contributed by atoms with Crippen LogP contribution in [0.5, 0.6) is 5.75 Å². The SMILES string of the molecule is COCCN1C(=O)C(=O)C(=C(O)c2ccc(OC(C)C)cc2)[C@H]1c1cccc([N+](=O)[O-])c1.